The average Bonchev–Trinajstić information content (AvgIpc) is 3.93. The molecule has 0 bridgehead atoms. The lowest BCUT2D eigenvalue weighted by atomic mass is 9.94. The molecule has 0 aliphatic carbocycles. The summed E-state index contributed by atoms with van der Waals surface area (Å²) in [5.74, 6) is 1.35. The number of rotatable bonds is 7. The Bertz CT molecular complexity index is 3370. The summed E-state index contributed by atoms with van der Waals surface area (Å²) in [7, 11) is 0. The monoisotopic (exact) mass is 826 g/mol. The molecule has 62 heavy (non-hydrogen) atoms. The molecule has 8 aromatic carbocycles. The number of thiophene rings is 2. The lowest BCUT2D eigenvalue weighted by molar-refractivity contribution is 1.23. The van der Waals surface area contributed by atoms with Crippen LogP contribution in [0.15, 0.2) is 206 Å². The van der Waals surface area contributed by atoms with Gasteiger partial charge >= 0.3 is 0 Å². The van der Waals surface area contributed by atoms with Crippen molar-refractivity contribution in [3.05, 3.63) is 206 Å². The second-order valence-corrected chi connectivity index (χ2v) is 17.4. The molecule has 0 fully saturated rings. The van der Waals surface area contributed by atoms with E-state index in [-0.39, 0.29) is 0 Å². The summed E-state index contributed by atoms with van der Waals surface area (Å²) < 4.78 is 2.38. The minimum atomic E-state index is 0.677. The fraction of sp³-hybridized carbons (Fsp3) is 0. The van der Waals surface area contributed by atoms with Crippen LogP contribution in [0.3, 0.4) is 0 Å². The van der Waals surface area contributed by atoms with Crippen molar-refractivity contribution in [2.24, 2.45) is 0 Å². The Kier molecular flexibility index (Phi) is 8.84. The van der Waals surface area contributed by atoms with Crippen molar-refractivity contribution in [1.29, 1.82) is 0 Å². The van der Waals surface area contributed by atoms with Crippen molar-refractivity contribution in [1.82, 2.24) is 19.9 Å². The maximum Gasteiger partial charge on any atom is 0.162 e. The first-order chi connectivity index (χ1) is 30.7. The van der Waals surface area contributed by atoms with E-state index in [0.717, 1.165) is 65.2 Å². The van der Waals surface area contributed by atoms with Crippen LogP contribution in [0.1, 0.15) is 0 Å². The van der Waals surface area contributed by atoms with Gasteiger partial charge in [-0.05, 0) is 45.5 Å². The normalized spacial score (nSPS) is 11.5. The molecular formula is C56H34N4S2. The second kappa shape index (κ2) is 15.1. The Morgan fingerprint density at radius 3 is 1.00 bits per heavy atom. The van der Waals surface area contributed by atoms with E-state index in [1.165, 1.54) is 42.4 Å². The Morgan fingerprint density at radius 2 is 0.581 bits per heavy atom. The highest BCUT2D eigenvalue weighted by Crippen LogP contribution is 2.44. The molecule has 290 valence electrons. The number of nitrogens with zero attached hydrogens (tertiary/aromatic N) is 4. The zero-order valence-electron chi connectivity index (χ0n) is 33.2. The van der Waals surface area contributed by atoms with Crippen LogP contribution in [0, 0.1) is 0 Å². The molecule has 0 aliphatic heterocycles. The molecule has 0 atom stereocenters. The van der Waals surface area contributed by atoms with Gasteiger partial charge in [0.05, 0.1) is 11.4 Å². The van der Waals surface area contributed by atoms with Crippen molar-refractivity contribution < 1.29 is 0 Å². The van der Waals surface area contributed by atoms with E-state index in [2.05, 4.69) is 206 Å². The van der Waals surface area contributed by atoms with Crippen LogP contribution >= 0.6 is 22.7 Å². The van der Waals surface area contributed by atoms with E-state index in [0.29, 0.717) is 11.6 Å². The van der Waals surface area contributed by atoms with E-state index < -0.39 is 0 Å². The predicted octanol–water partition coefficient (Wildman–Crippen LogP) is 15.7. The van der Waals surface area contributed by atoms with Crippen LogP contribution < -0.4 is 0 Å². The van der Waals surface area contributed by atoms with Gasteiger partial charge in [0.2, 0.25) is 0 Å². The molecule has 0 amide bonds. The molecule has 12 rings (SSSR count). The van der Waals surface area contributed by atoms with Gasteiger partial charge in [-0.15, -0.1) is 22.7 Å². The molecule has 0 spiro atoms. The van der Waals surface area contributed by atoms with Crippen LogP contribution in [0.25, 0.3) is 119 Å². The van der Waals surface area contributed by atoms with Crippen molar-refractivity contribution in [3.63, 3.8) is 0 Å². The highest BCUT2D eigenvalue weighted by Gasteiger charge is 2.22. The van der Waals surface area contributed by atoms with Crippen molar-refractivity contribution in [2.75, 3.05) is 0 Å². The minimum Gasteiger partial charge on any atom is -0.227 e. The third-order valence-corrected chi connectivity index (χ3v) is 13.8. The van der Waals surface area contributed by atoms with E-state index in [4.69, 9.17) is 19.9 Å². The maximum atomic E-state index is 5.47. The lowest BCUT2D eigenvalue weighted by Crippen LogP contribution is -1.98. The van der Waals surface area contributed by atoms with Crippen molar-refractivity contribution in [3.8, 4) is 78.7 Å². The summed E-state index contributed by atoms with van der Waals surface area (Å²) in [4.78, 5) is 23.6. The van der Waals surface area contributed by atoms with Crippen LogP contribution in [0.2, 0.25) is 0 Å². The Balaban J connectivity index is 1.03. The molecule has 0 saturated carbocycles. The van der Waals surface area contributed by atoms with Crippen LogP contribution in [-0.2, 0) is 0 Å². The van der Waals surface area contributed by atoms with Gasteiger partial charge in [0.15, 0.2) is 11.6 Å². The van der Waals surface area contributed by atoms with E-state index in [1.807, 2.05) is 0 Å². The number of hydrogen-bond acceptors (Lipinski definition) is 6. The Labute approximate surface area is 366 Å². The van der Waals surface area contributed by atoms with Gasteiger partial charge in [0.25, 0.3) is 0 Å². The molecule has 0 radical (unpaired) electrons. The molecule has 12 aromatic rings. The number of benzene rings is 8. The topological polar surface area (TPSA) is 51.6 Å². The first-order valence-electron chi connectivity index (χ1n) is 20.6. The zero-order valence-corrected chi connectivity index (χ0v) is 34.9. The van der Waals surface area contributed by atoms with Crippen LogP contribution in [-0.4, -0.2) is 19.9 Å². The van der Waals surface area contributed by atoms with Crippen molar-refractivity contribution in [2.45, 2.75) is 0 Å². The molecule has 4 heterocycles. The standard InChI is InChI=1S/C56H34N4S2/c1-3-15-35(16-4-1)37-27-31-39(32-28-37)51-49-45-23-11-13-25-47(45)61-55(49)59-53(57-51)43-21-9-7-19-41(43)42-20-8-10-22-44(42)54-58-52(50-46-24-12-14-26-48(46)62-56(50)60-54)40-33-29-38(30-34-40)36-17-5-2-6-18-36/h1-34H. The predicted molar refractivity (Wildman–Crippen MR) is 261 cm³/mol. The second-order valence-electron chi connectivity index (χ2n) is 15.3. The molecule has 6 heteroatoms. The molecule has 0 saturated heterocycles. The summed E-state index contributed by atoms with van der Waals surface area (Å²) in [6.45, 7) is 0. The third kappa shape index (κ3) is 6.28. The van der Waals surface area contributed by atoms with Gasteiger partial charge in [0.1, 0.15) is 9.66 Å². The Morgan fingerprint density at radius 1 is 0.258 bits per heavy atom. The molecule has 4 nitrogen and oxygen atoms in total. The SMILES string of the molecule is c1ccc(-c2ccc(-c3nc(-c4ccccc4-c4ccccc4-c4nc(-c5ccc(-c6ccccc6)cc5)c5c(n4)sc4ccccc45)nc4sc5ccccc5c34)cc2)cc1. The highest BCUT2D eigenvalue weighted by atomic mass is 32.1. The van der Waals surface area contributed by atoms with E-state index >= 15 is 0 Å². The summed E-state index contributed by atoms with van der Waals surface area (Å²) >= 11 is 3.43. The summed E-state index contributed by atoms with van der Waals surface area (Å²) in [5.41, 5.74) is 12.6. The van der Waals surface area contributed by atoms with E-state index in [9.17, 15) is 0 Å². The fourth-order valence-corrected chi connectivity index (χ4v) is 10.8. The van der Waals surface area contributed by atoms with Gasteiger partial charge < -0.3 is 0 Å². The van der Waals surface area contributed by atoms with Crippen molar-refractivity contribution >= 4 is 63.3 Å². The van der Waals surface area contributed by atoms with Crippen LogP contribution in [0.5, 0.6) is 0 Å². The summed E-state index contributed by atoms with van der Waals surface area (Å²) in [6.07, 6.45) is 0. The first kappa shape index (κ1) is 36.2. The number of fused-ring (bicyclic) bond motifs is 6. The molecular weight excluding hydrogens is 793 g/mol. The molecule has 0 unspecified atom stereocenters. The van der Waals surface area contributed by atoms with Gasteiger partial charge in [0, 0.05) is 53.2 Å². The largest absolute Gasteiger partial charge is 0.227 e. The highest BCUT2D eigenvalue weighted by molar-refractivity contribution is 7.26. The minimum absolute atomic E-state index is 0.677. The summed E-state index contributed by atoms with van der Waals surface area (Å²) in [6, 6.07) is 72.6. The lowest BCUT2D eigenvalue weighted by Gasteiger charge is -2.15. The number of aromatic nitrogens is 4. The van der Waals surface area contributed by atoms with Gasteiger partial charge in [-0.1, -0.05) is 194 Å². The van der Waals surface area contributed by atoms with Gasteiger partial charge in [-0.2, -0.15) is 0 Å². The summed E-state index contributed by atoms with van der Waals surface area (Å²) in [5, 5.41) is 4.49. The Hall–Kier alpha value is -7.64. The van der Waals surface area contributed by atoms with Gasteiger partial charge in [-0.25, -0.2) is 19.9 Å². The average molecular weight is 827 g/mol. The molecule has 0 aliphatic rings. The van der Waals surface area contributed by atoms with Gasteiger partial charge in [-0.3, -0.25) is 0 Å². The van der Waals surface area contributed by atoms with Crippen LogP contribution in [0.4, 0.5) is 0 Å². The number of hydrogen-bond donors (Lipinski definition) is 0. The smallest absolute Gasteiger partial charge is 0.162 e. The molecule has 4 aromatic heterocycles. The van der Waals surface area contributed by atoms with E-state index in [1.54, 1.807) is 22.7 Å². The first-order valence-corrected chi connectivity index (χ1v) is 22.3. The molecule has 0 N–H and O–H groups in total. The zero-order chi connectivity index (χ0) is 41.0. The third-order valence-electron chi connectivity index (χ3n) is 11.6. The quantitative estimate of drug-likeness (QED) is 0.161. The maximum absolute atomic E-state index is 5.47. The fourth-order valence-electron chi connectivity index (χ4n) is 8.63.